The van der Waals surface area contributed by atoms with Gasteiger partial charge in [0.25, 0.3) is 0 Å². The highest BCUT2D eigenvalue weighted by molar-refractivity contribution is 7.89. The Morgan fingerprint density at radius 2 is 1.72 bits per heavy atom. The number of sulfonamides is 1. The number of ether oxygens (including phenoxy) is 2. The van der Waals surface area contributed by atoms with Crippen LogP contribution in [0.3, 0.4) is 0 Å². The third-order valence-corrected chi connectivity index (χ3v) is 9.76. The predicted molar refractivity (Wildman–Crippen MR) is 149 cm³/mol. The van der Waals surface area contributed by atoms with E-state index in [1.165, 1.54) is 12.1 Å². The number of allylic oxidation sites excluding steroid dienone is 1. The smallest absolute Gasteiger partial charge is 0.422 e. The van der Waals surface area contributed by atoms with Crippen LogP contribution >= 0.6 is 0 Å². The highest BCUT2D eigenvalue weighted by Gasteiger charge is 2.40. The molecular weight excluding hydrogens is 645 g/mol. The molecule has 0 unspecified atom stereocenters. The molecule has 0 bridgehead atoms. The molecule has 1 aromatic heterocycles. The summed E-state index contributed by atoms with van der Waals surface area (Å²) in [5.41, 5.74) is 4.48. The third kappa shape index (κ3) is 7.15. The molecule has 0 fully saturated rings. The molecule has 5 rings (SSSR count). The predicted octanol–water partition coefficient (Wildman–Crippen LogP) is 6.47. The number of fused-ring (bicyclic) bond motifs is 1. The van der Waals surface area contributed by atoms with Crippen molar-refractivity contribution in [3.05, 3.63) is 76.9 Å². The fraction of sp³-hybridized carbons (Fsp3) is 0.400. The van der Waals surface area contributed by atoms with Crippen LogP contribution in [0.4, 0.5) is 30.7 Å². The molecule has 0 radical (unpaired) electrons. The summed E-state index contributed by atoms with van der Waals surface area (Å²) in [5.74, 6) is -2.28. The first-order chi connectivity index (χ1) is 21.6. The average molecular weight is 673 g/mol. The van der Waals surface area contributed by atoms with Gasteiger partial charge in [-0.1, -0.05) is 18.1 Å². The number of benzene rings is 2. The Bertz CT molecular complexity index is 1780. The van der Waals surface area contributed by atoms with Crippen molar-refractivity contribution in [2.45, 2.75) is 49.4 Å². The van der Waals surface area contributed by atoms with Crippen molar-refractivity contribution in [3.8, 4) is 23.3 Å². The second-order valence-corrected chi connectivity index (χ2v) is 12.9. The largest absolute Gasteiger partial charge is 0.484 e. The van der Waals surface area contributed by atoms with Crippen molar-refractivity contribution in [2.75, 3.05) is 26.3 Å². The maximum atomic E-state index is 13.9. The summed E-state index contributed by atoms with van der Waals surface area (Å²) in [6.45, 7) is -2.59. The number of aromatic nitrogens is 2. The first-order valence-corrected chi connectivity index (χ1v) is 15.5. The van der Waals surface area contributed by atoms with E-state index >= 15 is 0 Å². The van der Waals surface area contributed by atoms with Crippen molar-refractivity contribution < 1.29 is 48.6 Å². The van der Waals surface area contributed by atoms with Crippen LogP contribution in [-0.4, -0.2) is 61.2 Å². The lowest BCUT2D eigenvalue weighted by molar-refractivity contribution is -0.154. The molecule has 46 heavy (non-hydrogen) atoms. The Morgan fingerprint density at radius 3 is 2.37 bits per heavy atom. The minimum atomic E-state index is -4.84. The second-order valence-electron chi connectivity index (χ2n) is 11.0. The molecule has 2 aliphatic rings. The quantitative estimate of drug-likeness (QED) is 0.139. The van der Waals surface area contributed by atoms with E-state index in [0.717, 1.165) is 38.8 Å². The normalized spacial score (nSPS) is 18.3. The van der Waals surface area contributed by atoms with E-state index in [-0.39, 0.29) is 18.4 Å². The number of nitrogens with zero attached hydrogens (tertiary/aromatic N) is 4. The summed E-state index contributed by atoms with van der Waals surface area (Å²) in [7, 11) is -4.79. The summed E-state index contributed by atoms with van der Waals surface area (Å²) >= 11 is 0. The molecule has 246 valence electrons. The van der Waals surface area contributed by atoms with Gasteiger partial charge < -0.3 is 9.47 Å². The highest BCUT2D eigenvalue weighted by atomic mass is 32.2. The lowest BCUT2D eigenvalue weighted by Crippen LogP contribution is -2.37. The fourth-order valence-corrected chi connectivity index (χ4v) is 7.54. The van der Waals surface area contributed by atoms with Gasteiger partial charge in [0.2, 0.25) is 10.0 Å². The third-order valence-electron chi connectivity index (χ3n) is 7.93. The zero-order valence-corrected chi connectivity index (χ0v) is 25.0. The molecule has 1 heterocycles. The van der Waals surface area contributed by atoms with E-state index in [9.17, 15) is 44.4 Å². The minimum Gasteiger partial charge on any atom is -0.484 e. The van der Waals surface area contributed by atoms with E-state index in [2.05, 4.69) is 9.84 Å². The van der Waals surface area contributed by atoms with Crippen molar-refractivity contribution in [1.29, 1.82) is 5.26 Å². The number of alkyl halides is 6. The van der Waals surface area contributed by atoms with Gasteiger partial charge in [-0.3, -0.25) is 0 Å². The lowest BCUT2D eigenvalue weighted by atomic mass is 9.80. The highest BCUT2D eigenvalue weighted by Crippen LogP contribution is 2.48. The fourth-order valence-electron chi connectivity index (χ4n) is 6.01. The molecule has 16 heteroatoms. The molecule has 0 aliphatic heterocycles. The molecule has 2 aromatic carbocycles. The second kappa shape index (κ2) is 12.6. The summed E-state index contributed by atoms with van der Waals surface area (Å²) in [5, 5.41) is 14.0. The Kier molecular flexibility index (Phi) is 9.11. The van der Waals surface area contributed by atoms with Crippen LogP contribution in [0.5, 0.6) is 11.5 Å². The van der Waals surface area contributed by atoms with Crippen LogP contribution < -0.4 is 9.47 Å². The number of rotatable bonds is 10. The zero-order chi connectivity index (χ0) is 33.4. The van der Waals surface area contributed by atoms with E-state index in [1.54, 1.807) is 29.1 Å². The summed E-state index contributed by atoms with van der Waals surface area (Å²) in [6.07, 6.45) is -6.28. The SMILES string of the molecule is C[C@@H]1C2=C(CC[C@@H]2CN(CC#N)S(=O)(=O)c2cc(OCC(F)(F)F)ccc2OCC(F)(F)F)Cc2c1cnn2-c1ccc(F)cc1. The van der Waals surface area contributed by atoms with Gasteiger partial charge in [-0.15, -0.1) is 0 Å². The number of halogens is 7. The molecule has 8 nitrogen and oxygen atoms in total. The average Bonchev–Trinajstić information content (AvgIpc) is 3.59. The van der Waals surface area contributed by atoms with Gasteiger partial charge in [0.1, 0.15) is 28.8 Å². The number of hydrogen-bond donors (Lipinski definition) is 0. The van der Waals surface area contributed by atoms with Gasteiger partial charge in [0, 0.05) is 30.5 Å². The maximum absolute atomic E-state index is 13.9. The van der Waals surface area contributed by atoms with Crippen LogP contribution in [0.25, 0.3) is 5.69 Å². The molecule has 0 saturated carbocycles. The molecule has 0 spiro atoms. The van der Waals surface area contributed by atoms with E-state index in [1.807, 2.05) is 6.92 Å². The Morgan fingerprint density at radius 1 is 1.04 bits per heavy atom. The Hall–Kier alpha value is -4.10. The molecule has 2 atom stereocenters. The van der Waals surface area contributed by atoms with Gasteiger partial charge >= 0.3 is 12.4 Å². The maximum Gasteiger partial charge on any atom is 0.422 e. The molecule has 0 saturated heterocycles. The van der Waals surface area contributed by atoms with Crippen LogP contribution in [0.15, 0.2) is 64.7 Å². The lowest BCUT2D eigenvalue weighted by Gasteiger charge is -2.30. The number of nitriles is 1. The van der Waals surface area contributed by atoms with Gasteiger partial charge in [0.15, 0.2) is 13.2 Å². The number of hydrogen-bond acceptors (Lipinski definition) is 6. The van der Waals surface area contributed by atoms with Gasteiger partial charge in [-0.25, -0.2) is 17.5 Å². The van der Waals surface area contributed by atoms with Crippen LogP contribution in [0.2, 0.25) is 0 Å². The van der Waals surface area contributed by atoms with Gasteiger partial charge in [0.05, 0.1) is 23.6 Å². The molecule has 3 aromatic rings. The molecule has 2 aliphatic carbocycles. The summed E-state index contributed by atoms with van der Waals surface area (Å²) in [4.78, 5) is -0.863. The van der Waals surface area contributed by atoms with E-state index < -0.39 is 64.3 Å². The monoisotopic (exact) mass is 672 g/mol. The summed E-state index contributed by atoms with van der Waals surface area (Å²) < 4.78 is 130. The first kappa shape index (κ1) is 33.3. The van der Waals surface area contributed by atoms with Crippen molar-refractivity contribution >= 4 is 10.0 Å². The topological polar surface area (TPSA) is 97.5 Å². The van der Waals surface area contributed by atoms with Crippen LogP contribution in [-0.2, 0) is 16.4 Å². The summed E-state index contributed by atoms with van der Waals surface area (Å²) in [6, 6.07) is 9.95. The van der Waals surface area contributed by atoms with Crippen molar-refractivity contribution in [2.24, 2.45) is 5.92 Å². The molecule has 0 N–H and O–H groups in total. The first-order valence-electron chi connectivity index (χ1n) is 14.0. The minimum absolute atomic E-state index is 0.197. The molecule has 0 amide bonds. The Labute approximate surface area is 259 Å². The van der Waals surface area contributed by atoms with Gasteiger partial charge in [-0.05, 0) is 55.2 Å². The zero-order valence-electron chi connectivity index (χ0n) is 24.2. The van der Waals surface area contributed by atoms with Gasteiger partial charge in [-0.2, -0.15) is 41.0 Å². The van der Waals surface area contributed by atoms with Crippen LogP contribution in [0, 0.1) is 23.1 Å². The van der Waals surface area contributed by atoms with E-state index in [0.29, 0.717) is 31.0 Å². The van der Waals surface area contributed by atoms with Crippen molar-refractivity contribution in [3.63, 3.8) is 0 Å². The van der Waals surface area contributed by atoms with Crippen molar-refractivity contribution in [1.82, 2.24) is 14.1 Å². The molecular formula is C30H27F7N4O4S. The van der Waals surface area contributed by atoms with E-state index in [4.69, 9.17) is 4.74 Å². The standard InChI is InChI=1S/C30H27F7N4O4S/c1-18-24-14-39-41(22-6-4-21(31)5-7-22)25(24)12-19-2-3-20(28(18)19)15-40(11-10-38)46(42,43)27-13-23(44-16-29(32,33)34)8-9-26(27)45-17-30(35,36)37/h4-9,13-14,18,20H,2-3,11-12,15-17H2,1H3/t18-,20+/m0/s1. The Balaban J connectivity index is 1.44. The van der Waals surface area contributed by atoms with Crippen LogP contribution in [0.1, 0.15) is 36.9 Å².